The van der Waals surface area contributed by atoms with Crippen LogP contribution < -0.4 is 0 Å². The molecular formula is C9H6ClNO2S. The highest BCUT2D eigenvalue weighted by Gasteiger charge is 2.08. The van der Waals surface area contributed by atoms with Crippen LogP contribution >= 0.6 is 22.9 Å². The Bertz CT molecular complexity index is 449. The van der Waals surface area contributed by atoms with E-state index in [-0.39, 0.29) is 6.42 Å². The number of aromatic nitrogens is 1. The predicted molar refractivity (Wildman–Crippen MR) is 54.6 cm³/mol. The third kappa shape index (κ3) is 1.86. The minimum Gasteiger partial charge on any atom is -0.440 e. The maximum Gasteiger partial charge on any atom is 0.236 e. The molecule has 14 heavy (non-hydrogen) atoms. The van der Waals surface area contributed by atoms with Gasteiger partial charge in [0.05, 0.1) is 21.8 Å². The lowest BCUT2D eigenvalue weighted by Gasteiger charge is -1.87. The van der Waals surface area contributed by atoms with Gasteiger partial charge in [0.1, 0.15) is 12.0 Å². The molecule has 72 valence electrons. The fraction of sp³-hybridized carbons (Fsp3) is 0.111. The van der Waals surface area contributed by atoms with E-state index in [0.29, 0.717) is 16.0 Å². The van der Waals surface area contributed by atoms with E-state index < -0.39 is 0 Å². The molecule has 2 rings (SSSR count). The molecule has 2 aromatic rings. The molecule has 0 spiro atoms. The first-order chi connectivity index (χ1) is 6.79. The molecule has 5 heteroatoms. The molecule has 3 nitrogen and oxygen atoms in total. The zero-order valence-corrected chi connectivity index (χ0v) is 8.64. The van der Waals surface area contributed by atoms with Gasteiger partial charge < -0.3 is 9.21 Å². The molecule has 0 N–H and O–H groups in total. The first-order valence-corrected chi connectivity index (χ1v) is 5.13. The predicted octanol–water partition coefficient (Wildman–Crippen LogP) is 2.80. The van der Waals surface area contributed by atoms with Crippen LogP contribution in [0.5, 0.6) is 0 Å². The van der Waals surface area contributed by atoms with Gasteiger partial charge in [-0.2, -0.15) is 0 Å². The van der Waals surface area contributed by atoms with Crippen molar-refractivity contribution < 1.29 is 9.21 Å². The first kappa shape index (κ1) is 9.43. The van der Waals surface area contributed by atoms with Gasteiger partial charge in [0.15, 0.2) is 0 Å². The van der Waals surface area contributed by atoms with E-state index in [1.807, 2.05) is 6.07 Å². The van der Waals surface area contributed by atoms with E-state index in [9.17, 15) is 4.79 Å². The SMILES string of the molecule is O=CCc1cnc(-c2ccc(Cl)s2)o1. The largest absolute Gasteiger partial charge is 0.440 e. The number of hydrogen-bond acceptors (Lipinski definition) is 4. The molecule has 0 fully saturated rings. The molecule has 0 aliphatic carbocycles. The summed E-state index contributed by atoms with van der Waals surface area (Å²) in [5.74, 6) is 1.08. The van der Waals surface area contributed by atoms with Crippen LogP contribution in [-0.2, 0) is 11.2 Å². The van der Waals surface area contributed by atoms with Crippen molar-refractivity contribution >= 4 is 29.2 Å². The number of halogens is 1. The van der Waals surface area contributed by atoms with Crippen LogP contribution in [0.25, 0.3) is 10.8 Å². The Morgan fingerprint density at radius 1 is 1.57 bits per heavy atom. The van der Waals surface area contributed by atoms with Crippen LogP contribution in [0.3, 0.4) is 0 Å². The number of carbonyl (C=O) groups is 1. The number of aldehydes is 1. The molecule has 0 aromatic carbocycles. The van der Waals surface area contributed by atoms with E-state index in [1.165, 1.54) is 11.3 Å². The minimum atomic E-state index is 0.256. The monoisotopic (exact) mass is 227 g/mol. The molecule has 0 saturated heterocycles. The lowest BCUT2D eigenvalue weighted by atomic mass is 10.4. The van der Waals surface area contributed by atoms with Crippen molar-refractivity contribution in [3.63, 3.8) is 0 Å². The number of thiophene rings is 1. The zero-order chi connectivity index (χ0) is 9.97. The van der Waals surface area contributed by atoms with Gasteiger partial charge in [-0.1, -0.05) is 11.6 Å². The summed E-state index contributed by atoms with van der Waals surface area (Å²) >= 11 is 7.16. The fourth-order valence-electron chi connectivity index (χ4n) is 1.03. The standard InChI is InChI=1S/C9H6ClNO2S/c10-8-2-1-7(14-8)9-11-5-6(13-9)3-4-12/h1-2,4-5H,3H2. The van der Waals surface area contributed by atoms with Gasteiger partial charge in [-0.3, -0.25) is 0 Å². The molecule has 0 amide bonds. The van der Waals surface area contributed by atoms with Gasteiger partial charge in [0, 0.05) is 0 Å². The molecule has 0 atom stereocenters. The van der Waals surface area contributed by atoms with E-state index in [2.05, 4.69) is 4.98 Å². The van der Waals surface area contributed by atoms with Crippen LogP contribution in [-0.4, -0.2) is 11.3 Å². The summed E-state index contributed by atoms with van der Waals surface area (Å²) in [4.78, 5) is 15.1. The second-order valence-electron chi connectivity index (χ2n) is 2.61. The van der Waals surface area contributed by atoms with Crippen molar-refractivity contribution in [1.82, 2.24) is 4.98 Å². The van der Waals surface area contributed by atoms with Gasteiger partial charge >= 0.3 is 0 Å². The first-order valence-electron chi connectivity index (χ1n) is 3.93. The third-order valence-corrected chi connectivity index (χ3v) is 2.84. The number of nitrogens with zero attached hydrogens (tertiary/aromatic N) is 1. The van der Waals surface area contributed by atoms with Crippen LogP contribution in [0.2, 0.25) is 4.34 Å². The van der Waals surface area contributed by atoms with Crippen molar-refractivity contribution in [3.8, 4) is 10.8 Å². The van der Waals surface area contributed by atoms with Gasteiger partial charge in [0.2, 0.25) is 5.89 Å². The summed E-state index contributed by atoms with van der Waals surface area (Å²) < 4.78 is 6.02. The third-order valence-electron chi connectivity index (χ3n) is 1.62. The Morgan fingerprint density at radius 2 is 2.43 bits per heavy atom. The van der Waals surface area contributed by atoms with Gasteiger partial charge in [-0.25, -0.2) is 4.98 Å². The quantitative estimate of drug-likeness (QED) is 0.758. The normalized spacial score (nSPS) is 10.4. The lowest BCUT2D eigenvalue weighted by Crippen LogP contribution is -1.79. The second kappa shape index (κ2) is 3.94. The van der Waals surface area contributed by atoms with E-state index in [0.717, 1.165) is 11.2 Å². The van der Waals surface area contributed by atoms with Crippen LogP contribution in [0.15, 0.2) is 22.7 Å². The topological polar surface area (TPSA) is 43.1 Å². The lowest BCUT2D eigenvalue weighted by molar-refractivity contribution is -0.107. The Morgan fingerprint density at radius 3 is 3.07 bits per heavy atom. The molecule has 0 radical (unpaired) electrons. The van der Waals surface area contributed by atoms with Crippen molar-refractivity contribution in [2.45, 2.75) is 6.42 Å². The summed E-state index contributed by atoms with van der Waals surface area (Å²) in [6.45, 7) is 0. The average Bonchev–Trinajstić information content (AvgIpc) is 2.74. The maximum absolute atomic E-state index is 10.2. The summed E-state index contributed by atoms with van der Waals surface area (Å²) in [5, 5.41) is 0. The van der Waals surface area contributed by atoms with Crippen molar-refractivity contribution in [2.24, 2.45) is 0 Å². The molecule has 0 aliphatic rings. The molecule has 2 heterocycles. The average molecular weight is 228 g/mol. The smallest absolute Gasteiger partial charge is 0.236 e. The molecule has 0 bridgehead atoms. The summed E-state index contributed by atoms with van der Waals surface area (Å²) in [6.07, 6.45) is 2.59. The van der Waals surface area contributed by atoms with Gasteiger partial charge in [-0.15, -0.1) is 11.3 Å². The Kier molecular flexibility index (Phi) is 2.65. The van der Waals surface area contributed by atoms with E-state index >= 15 is 0 Å². The van der Waals surface area contributed by atoms with E-state index in [4.69, 9.17) is 16.0 Å². The molecule has 0 unspecified atom stereocenters. The highest BCUT2D eigenvalue weighted by molar-refractivity contribution is 7.19. The fourth-order valence-corrected chi connectivity index (χ4v) is 2.00. The van der Waals surface area contributed by atoms with Gasteiger partial charge in [-0.05, 0) is 12.1 Å². The number of hydrogen-bond donors (Lipinski definition) is 0. The van der Waals surface area contributed by atoms with Crippen LogP contribution in [0, 0.1) is 0 Å². The molecular weight excluding hydrogens is 222 g/mol. The van der Waals surface area contributed by atoms with E-state index in [1.54, 1.807) is 12.3 Å². The number of rotatable bonds is 3. The van der Waals surface area contributed by atoms with Crippen LogP contribution in [0.4, 0.5) is 0 Å². The highest BCUT2D eigenvalue weighted by Crippen LogP contribution is 2.30. The molecule has 2 aromatic heterocycles. The maximum atomic E-state index is 10.2. The number of carbonyl (C=O) groups excluding carboxylic acids is 1. The Balaban J connectivity index is 2.28. The van der Waals surface area contributed by atoms with Crippen LogP contribution in [0.1, 0.15) is 5.76 Å². The summed E-state index contributed by atoms with van der Waals surface area (Å²) in [7, 11) is 0. The Hall–Kier alpha value is -1.13. The highest BCUT2D eigenvalue weighted by atomic mass is 35.5. The second-order valence-corrected chi connectivity index (χ2v) is 4.32. The summed E-state index contributed by atoms with van der Waals surface area (Å²) in [5.41, 5.74) is 0. The van der Waals surface area contributed by atoms with Crippen molar-refractivity contribution in [1.29, 1.82) is 0 Å². The number of oxazole rings is 1. The van der Waals surface area contributed by atoms with Crippen molar-refractivity contribution in [3.05, 3.63) is 28.4 Å². The van der Waals surface area contributed by atoms with Gasteiger partial charge in [0.25, 0.3) is 0 Å². The Labute approximate surface area is 89.3 Å². The molecule has 0 saturated carbocycles. The zero-order valence-electron chi connectivity index (χ0n) is 7.07. The van der Waals surface area contributed by atoms with Crippen molar-refractivity contribution in [2.75, 3.05) is 0 Å². The minimum absolute atomic E-state index is 0.256. The summed E-state index contributed by atoms with van der Waals surface area (Å²) in [6, 6.07) is 3.62. The molecule has 0 aliphatic heterocycles.